The van der Waals surface area contributed by atoms with Crippen molar-refractivity contribution in [2.24, 2.45) is 0 Å². The second kappa shape index (κ2) is 10.2. The topological polar surface area (TPSA) is 128 Å². The molecule has 0 aliphatic heterocycles. The van der Waals surface area contributed by atoms with Gasteiger partial charge < -0.3 is 10.1 Å². The molecule has 11 heteroatoms. The molecule has 0 fully saturated rings. The van der Waals surface area contributed by atoms with Crippen molar-refractivity contribution in [1.82, 2.24) is 4.72 Å². The smallest absolute Gasteiger partial charge is 0.271 e. The average molecular weight is 476 g/mol. The Morgan fingerprint density at radius 1 is 1.03 bits per heavy atom. The number of nitrogens with one attached hydrogen (secondary N) is 2. The van der Waals surface area contributed by atoms with E-state index in [0.717, 1.165) is 5.56 Å². The van der Waals surface area contributed by atoms with Gasteiger partial charge in [0.1, 0.15) is 5.75 Å². The van der Waals surface area contributed by atoms with Crippen LogP contribution in [0.15, 0.2) is 77.7 Å². The van der Waals surface area contributed by atoms with E-state index in [1.54, 1.807) is 12.1 Å². The van der Waals surface area contributed by atoms with Crippen molar-refractivity contribution in [3.63, 3.8) is 0 Å². The number of nitro groups is 1. The number of hydrogen-bond donors (Lipinski definition) is 2. The van der Waals surface area contributed by atoms with E-state index in [1.807, 2.05) is 18.2 Å². The quantitative estimate of drug-likeness (QED) is 0.358. The summed E-state index contributed by atoms with van der Waals surface area (Å²) in [6.07, 6.45) is 0. The van der Waals surface area contributed by atoms with Gasteiger partial charge in [-0.2, -0.15) is 0 Å². The highest BCUT2D eigenvalue weighted by atomic mass is 35.5. The minimum Gasteiger partial charge on any atom is -0.482 e. The van der Waals surface area contributed by atoms with Gasteiger partial charge in [-0.1, -0.05) is 48.0 Å². The average Bonchev–Trinajstić information content (AvgIpc) is 2.78. The first-order valence-electron chi connectivity index (χ1n) is 9.25. The van der Waals surface area contributed by atoms with Gasteiger partial charge >= 0.3 is 0 Å². The molecule has 0 saturated heterocycles. The van der Waals surface area contributed by atoms with Gasteiger partial charge in [0.25, 0.3) is 11.6 Å². The zero-order valence-corrected chi connectivity index (χ0v) is 18.1. The molecule has 0 aromatic heterocycles. The van der Waals surface area contributed by atoms with Crippen molar-refractivity contribution >= 4 is 38.9 Å². The second-order valence-corrected chi connectivity index (χ2v) is 8.72. The minimum absolute atomic E-state index is 0.00994. The summed E-state index contributed by atoms with van der Waals surface area (Å²) in [5.74, 6) is -0.453. The van der Waals surface area contributed by atoms with Crippen LogP contribution in [0, 0.1) is 10.1 Å². The number of amides is 1. The molecule has 0 spiro atoms. The molecule has 0 aliphatic rings. The molecule has 0 bridgehead atoms. The fourth-order valence-corrected chi connectivity index (χ4v) is 4.00. The lowest BCUT2D eigenvalue weighted by molar-refractivity contribution is -0.384. The Hall–Kier alpha value is -3.47. The van der Waals surface area contributed by atoms with Crippen molar-refractivity contribution in [1.29, 1.82) is 0 Å². The Balaban J connectivity index is 1.59. The molecule has 0 atom stereocenters. The van der Waals surface area contributed by atoms with E-state index in [2.05, 4.69) is 10.0 Å². The maximum absolute atomic E-state index is 12.5. The van der Waals surface area contributed by atoms with Gasteiger partial charge in [-0.05, 0) is 29.8 Å². The third-order valence-corrected chi connectivity index (χ3v) is 5.92. The highest BCUT2D eigenvalue weighted by Gasteiger charge is 2.17. The van der Waals surface area contributed by atoms with Crippen LogP contribution < -0.4 is 14.8 Å². The maximum Gasteiger partial charge on any atom is 0.271 e. The summed E-state index contributed by atoms with van der Waals surface area (Å²) in [5, 5.41) is 13.3. The van der Waals surface area contributed by atoms with Crippen LogP contribution in [0.3, 0.4) is 0 Å². The molecule has 0 aliphatic carbocycles. The van der Waals surface area contributed by atoms with E-state index in [0.29, 0.717) is 0 Å². The molecule has 0 unspecified atom stereocenters. The summed E-state index contributed by atoms with van der Waals surface area (Å²) >= 11 is 6.13. The third kappa shape index (κ3) is 6.27. The lowest BCUT2D eigenvalue weighted by atomic mass is 10.2. The molecule has 9 nitrogen and oxygen atoms in total. The molecule has 3 rings (SSSR count). The molecular formula is C21H18ClN3O6S. The lowest BCUT2D eigenvalue weighted by Gasteiger charge is -2.11. The molecule has 166 valence electrons. The highest BCUT2D eigenvalue weighted by molar-refractivity contribution is 7.89. The number of benzene rings is 3. The number of non-ortho nitro benzene ring substituents is 1. The standard InChI is InChI=1S/C21H18ClN3O6S/c22-19-12-18(32(29,30)23-13-15-5-2-1-3-6-15)9-10-20(19)31-14-21(26)24-16-7-4-8-17(11-16)25(27)28/h1-12,23H,13-14H2,(H,24,26). The van der Waals surface area contributed by atoms with Gasteiger partial charge in [0.15, 0.2) is 6.61 Å². The molecule has 1 amide bonds. The summed E-state index contributed by atoms with van der Waals surface area (Å²) in [4.78, 5) is 22.3. The summed E-state index contributed by atoms with van der Waals surface area (Å²) in [5.41, 5.74) is 0.881. The van der Waals surface area contributed by atoms with Crippen LogP contribution in [0.25, 0.3) is 0 Å². The Morgan fingerprint density at radius 2 is 1.78 bits per heavy atom. The number of halogens is 1. The van der Waals surface area contributed by atoms with Crippen LogP contribution in [-0.2, 0) is 21.4 Å². The van der Waals surface area contributed by atoms with Gasteiger partial charge in [-0.3, -0.25) is 14.9 Å². The molecular weight excluding hydrogens is 458 g/mol. The van der Waals surface area contributed by atoms with Crippen LogP contribution in [0.4, 0.5) is 11.4 Å². The van der Waals surface area contributed by atoms with E-state index in [4.69, 9.17) is 16.3 Å². The maximum atomic E-state index is 12.5. The highest BCUT2D eigenvalue weighted by Crippen LogP contribution is 2.27. The summed E-state index contributed by atoms with van der Waals surface area (Å²) in [7, 11) is -3.81. The Bertz CT molecular complexity index is 1240. The Kier molecular flexibility index (Phi) is 7.41. The van der Waals surface area contributed by atoms with Crippen molar-refractivity contribution in [2.45, 2.75) is 11.4 Å². The van der Waals surface area contributed by atoms with Crippen molar-refractivity contribution in [3.05, 3.63) is 93.5 Å². The first kappa shape index (κ1) is 23.2. The van der Waals surface area contributed by atoms with Gasteiger partial charge in [-0.15, -0.1) is 0 Å². The first-order valence-corrected chi connectivity index (χ1v) is 11.1. The van der Waals surface area contributed by atoms with Gasteiger partial charge in [0.2, 0.25) is 10.0 Å². The zero-order valence-electron chi connectivity index (χ0n) is 16.5. The van der Waals surface area contributed by atoms with E-state index in [1.165, 1.54) is 42.5 Å². The predicted octanol–water partition coefficient (Wildman–Crippen LogP) is 3.74. The molecule has 3 aromatic rings. The fraction of sp³-hybridized carbons (Fsp3) is 0.0952. The number of nitrogens with zero attached hydrogens (tertiary/aromatic N) is 1. The lowest BCUT2D eigenvalue weighted by Crippen LogP contribution is -2.23. The van der Waals surface area contributed by atoms with Crippen LogP contribution in [0.2, 0.25) is 5.02 Å². The second-order valence-electron chi connectivity index (χ2n) is 6.55. The number of anilines is 1. The predicted molar refractivity (Wildman–Crippen MR) is 119 cm³/mol. The number of hydrogen-bond acceptors (Lipinski definition) is 6. The molecule has 0 saturated carbocycles. The van der Waals surface area contributed by atoms with Crippen molar-refractivity contribution < 1.29 is 22.9 Å². The number of sulfonamides is 1. The number of carbonyl (C=O) groups excluding carboxylic acids is 1. The Morgan fingerprint density at radius 3 is 2.47 bits per heavy atom. The van der Waals surface area contributed by atoms with Crippen LogP contribution in [-0.4, -0.2) is 25.9 Å². The largest absolute Gasteiger partial charge is 0.482 e. The number of rotatable bonds is 9. The van der Waals surface area contributed by atoms with E-state index in [-0.39, 0.29) is 33.6 Å². The van der Waals surface area contributed by atoms with Gasteiger partial charge in [-0.25, -0.2) is 13.1 Å². The zero-order chi connectivity index (χ0) is 23.1. The number of ether oxygens (including phenoxy) is 1. The van der Waals surface area contributed by atoms with Crippen molar-refractivity contribution in [2.75, 3.05) is 11.9 Å². The Labute approximate surface area is 189 Å². The van der Waals surface area contributed by atoms with E-state index in [9.17, 15) is 23.3 Å². The van der Waals surface area contributed by atoms with Crippen LogP contribution in [0.5, 0.6) is 5.75 Å². The van der Waals surface area contributed by atoms with Gasteiger partial charge in [0.05, 0.1) is 14.8 Å². The molecule has 2 N–H and O–H groups in total. The number of carbonyl (C=O) groups is 1. The van der Waals surface area contributed by atoms with Gasteiger partial charge in [0, 0.05) is 24.4 Å². The number of nitro benzene ring substituents is 1. The van der Waals surface area contributed by atoms with Crippen LogP contribution >= 0.6 is 11.6 Å². The molecule has 32 heavy (non-hydrogen) atoms. The normalized spacial score (nSPS) is 11.0. The third-order valence-electron chi connectivity index (χ3n) is 4.22. The molecule has 0 radical (unpaired) electrons. The first-order chi connectivity index (χ1) is 15.2. The van der Waals surface area contributed by atoms with E-state index < -0.39 is 27.5 Å². The molecule has 3 aromatic carbocycles. The van der Waals surface area contributed by atoms with Crippen LogP contribution in [0.1, 0.15) is 5.56 Å². The summed E-state index contributed by atoms with van der Waals surface area (Å²) in [6, 6.07) is 18.4. The fourth-order valence-electron chi connectivity index (χ4n) is 2.66. The van der Waals surface area contributed by atoms with E-state index >= 15 is 0 Å². The minimum atomic E-state index is -3.81. The summed E-state index contributed by atoms with van der Waals surface area (Å²) in [6.45, 7) is -0.308. The summed E-state index contributed by atoms with van der Waals surface area (Å²) < 4.78 is 32.8. The SMILES string of the molecule is O=C(COc1ccc(S(=O)(=O)NCc2ccccc2)cc1Cl)Nc1cccc([N+](=O)[O-])c1. The van der Waals surface area contributed by atoms with Crippen molar-refractivity contribution in [3.8, 4) is 5.75 Å². The monoisotopic (exact) mass is 475 g/mol. The molecule has 0 heterocycles.